The van der Waals surface area contributed by atoms with E-state index in [1.165, 1.54) is 0 Å². The van der Waals surface area contributed by atoms with E-state index in [0.29, 0.717) is 29.7 Å². The molecule has 6 heteroatoms. The van der Waals surface area contributed by atoms with Gasteiger partial charge >= 0.3 is 0 Å². The third-order valence-electron chi connectivity index (χ3n) is 5.23. The van der Waals surface area contributed by atoms with Crippen molar-refractivity contribution in [2.24, 2.45) is 5.92 Å². The molecule has 0 aliphatic rings. The molecule has 31 heavy (non-hydrogen) atoms. The Labute approximate surface area is 189 Å². The van der Waals surface area contributed by atoms with Crippen molar-refractivity contribution >= 4 is 28.2 Å². The Kier molecular flexibility index (Phi) is 7.33. The zero-order chi connectivity index (χ0) is 22.5. The van der Waals surface area contributed by atoms with Crippen LogP contribution >= 0.6 is 12.2 Å². The maximum atomic E-state index is 12.9. The number of benzene rings is 2. The van der Waals surface area contributed by atoms with Gasteiger partial charge in [0.25, 0.3) is 5.56 Å². The smallest absolute Gasteiger partial charge is 0.253 e. The fourth-order valence-corrected chi connectivity index (χ4v) is 3.81. The van der Waals surface area contributed by atoms with Crippen molar-refractivity contribution in [1.29, 1.82) is 0 Å². The number of ether oxygens (including phenoxy) is 1. The number of hydrogen-bond donors (Lipinski definition) is 2. The molecule has 0 saturated carbocycles. The number of rotatable bonds is 7. The quantitative estimate of drug-likeness (QED) is 0.526. The Bertz CT molecular complexity index is 1120. The molecule has 2 aromatic carbocycles. The highest BCUT2D eigenvalue weighted by Crippen LogP contribution is 2.20. The molecule has 0 aliphatic heterocycles. The van der Waals surface area contributed by atoms with Crippen LogP contribution in [0.3, 0.4) is 0 Å². The summed E-state index contributed by atoms with van der Waals surface area (Å²) in [5.74, 6) is 1.28. The lowest BCUT2D eigenvalue weighted by Crippen LogP contribution is -2.41. The molecule has 3 aromatic rings. The minimum Gasteiger partial charge on any atom is -0.497 e. The fraction of sp³-hybridized carbons (Fsp3) is 0.360. The van der Waals surface area contributed by atoms with Crippen molar-refractivity contribution in [2.45, 2.75) is 40.8 Å². The summed E-state index contributed by atoms with van der Waals surface area (Å²) in [6, 6.07) is 14.1. The van der Waals surface area contributed by atoms with Crippen molar-refractivity contribution < 1.29 is 4.74 Å². The molecule has 0 atom stereocenters. The number of fused-ring (bicyclic) bond motifs is 1. The molecule has 0 bridgehead atoms. The Balaban J connectivity index is 1.92. The highest BCUT2D eigenvalue weighted by atomic mass is 32.1. The van der Waals surface area contributed by atoms with Gasteiger partial charge in [0.1, 0.15) is 5.75 Å². The van der Waals surface area contributed by atoms with E-state index in [-0.39, 0.29) is 5.56 Å². The first-order valence-electron chi connectivity index (χ1n) is 10.6. The van der Waals surface area contributed by atoms with Crippen LogP contribution in [0.1, 0.15) is 36.1 Å². The number of methoxy groups -OCH3 is 1. The van der Waals surface area contributed by atoms with Gasteiger partial charge in [0.2, 0.25) is 0 Å². The Morgan fingerprint density at radius 2 is 1.84 bits per heavy atom. The van der Waals surface area contributed by atoms with Gasteiger partial charge in [0.05, 0.1) is 13.7 Å². The van der Waals surface area contributed by atoms with Crippen LogP contribution in [0.15, 0.2) is 47.3 Å². The SMILES string of the molecule is COc1ccc(CN(Cc2cc3c(C)cc(C)cc3[nH]c2=O)C(=S)NCC(C)C)cc1. The van der Waals surface area contributed by atoms with Gasteiger partial charge in [-0.15, -0.1) is 0 Å². The van der Waals surface area contributed by atoms with Gasteiger partial charge in [0, 0.05) is 29.6 Å². The highest BCUT2D eigenvalue weighted by Gasteiger charge is 2.15. The molecule has 0 radical (unpaired) electrons. The summed E-state index contributed by atoms with van der Waals surface area (Å²) in [6.07, 6.45) is 0. The molecular weight excluding hydrogens is 406 g/mol. The first-order chi connectivity index (χ1) is 14.8. The predicted octanol–water partition coefficient (Wildman–Crippen LogP) is 4.69. The van der Waals surface area contributed by atoms with E-state index in [2.05, 4.69) is 37.1 Å². The van der Waals surface area contributed by atoms with Crippen molar-refractivity contribution in [3.05, 3.63) is 75.1 Å². The number of thiocarbonyl (C=S) groups is 1. The van der Waals surface area contributed by atoms with E-state index >= 15 is 0 Å². The van der Waals surface area contributed by atoms with Gasteiger partial charge in [-0.2, -0.15) is 0 Å². The van der Waals surface area contributed by atoms with E-state index < -0.39 is 0 Å². The largest absolute Gasteiger partial charge is 0.497 e. The third-order valence-corrected chi connectivity index (χ3v) is 5.63. The number of pyridine rings is 1. The first kappa shape index (κ1) is 22.8. The molecule has 0 amide bonds. The summed E-state index contributed by atoms with van der Waals surface area (Å²) in [4.78, 5) is 17.9. The number of hydrogen-bond acceptors (Lipinski definition) is 3. The average molecular weight is 438 g/mol. The third kappa shape index (κ3) is 5.85. The maximum absolute atomic E-state index is 12.9. The second kappa shape index (κ2) is 9.96. The number of nitrogens with one attached hydrogen (secondary N) is 2. The van der Waals surface area contributed by atoms with Crippen LogP contribution in [-0.4, -0.2) is 28.7 Å². The molecule has 3 rings (SSSR count). The fourth-order valence-electron chi connectivity index (χ4n) is 3.59. The molecule has 0 aliphatic carbocycles. The maximum Gasteiger partial charge on any atom is 0.253 e. The molecule has 0 spiro atoms. The van der Waals surface area contributed by atoms with Gasteiger partial charge in [-0.3, -0.25) is 4.79 Å². The lowest BCUT2D eigenvalue weighted by molar-refractivity contribution is 0.392. The predicted molar refractivity (Wildman–Crippen MR) is 132 cm³/mol. The first-order valence-corrected chi connectivity index (χ1v) is 11.0. The molecule has 0 saturated heterocycles. The average Bonchev–Trinajstić information content (AvgIpc) is 2.72. The molecule has 164 valence electrons. The number of H-pyrrole nitrogens is 1. The molecule has 1 aromatic heterocycles. The van der Waals surface area contributed by atoms with Crippen LogP contribution in [-0.2, 0) is 13.1 Å². The molecule has 1 heterocycles. The van der Waals surface area contributed by atoms with Crippen LogP contribution in [0.25, 0.3) is 10.9 Å². The standard InChI is InChI=1S/C25H31N3O2S/c1-16(2)13-26-25(31)28(14-19-6-8-21(30-5)9-7-19)15-20-12-22-18(4)10-17(3)11-23(22)27-24(20)29/h6-12,16H,13-15H2,1-5H3,(H,26,31)(H,27,29). The molecule has 0 fully saturated rings. The normalized spacial score (nSPS) is 11.0. The molecule has 2 N–H and O–H groups in total. The summed E-state index contributed by atoms with van der Waals surface area (Å²) in [5, 5.41) is 5.05. The Morgan fingerprint density at radius 3 is 2.48 bits per heavy atom. The molecule has 5 nitrogen and oxygen atoms in total. The van der Waals surface area contributed by atoms with Crippen LogP contribution in [0, 0.1) is 19.8 Å². The lowest BCUT2D eigenvalue weighted by Gasteiger charge is -2.27. The second-order valence-electron chi connectivity index (χ2n) is 8.45. The van der Waals surface area contributed by atoms with Crippen LogP contribution in [0.2, 0.25) is 0 Å². The van der Waals surface area contributed by atoms with Crippen molar-refractivity contribution in [3.8, 4) is 5.75 Å². The van der Waals surface area contributed by atoms with E-state index in [1.54, 1.807) is 7.11 Å². The van der Waals surface area contributed by atoms with Crippen LogP contribution in [0.5, 0.6) is 5.75 Å². The number of nitrogens with zero attached hydrogens (tertiary/aromatic N) is 1. The van der Waals surface area contributed by atoms with Crippen LogP contribution < -0.4 is 15.6 Å². The van der Waals surface area contributed by atoms with Crippen molar-refractivity contribution in [2.75, 3.05) is 13.7 Å². The van der Waals surface area contributed by atoms with E-state index in [4.69, 9.17) is 17.0 Å². The minimum atomic E-state index is -0.0797. The van der Waals surface area contributed by atoms with E-state index in [0.717, 1.165) is 39.9 Å². The number of aromatic nitrogens is 1. The zero-order valence-corrected chi connectivity index (χ0v) is 19.7. The summed E-state index contributed by atoms with van der Waals surface area (Å²) in [7, 11) is 1.65. The lowest BCUT2D eigenvalue weighted by atomic mass is 10.0. The summed E-state index contributed by atoms with van der Waals surface area (Å²) < 4.78 is 5.26. The molecular formula is C25H31N3O2S. The Hall–Kier alpha value is -2.86. The zero-order valence-electron chi connectivity index (χ0n) is 18.9. The second-order valence-corrected chi connectivity index (χ2v) is 8.84. The van der Waals surface area contributed by atoms with Gasteiger partial charge in [-0.25, -0.2) is 0 Å². The van der Waals surface area contributed by atoms with Crippen molar-refractivity contribution in [1.82, 2.24) is 15.2 Å². The highest BCUT2D eigenvalue weighted by molar-refractivity contribution is 7.80. The summed E-state index contributed by atoms with van der Waals surface area (Å²) >= 11 is 5.70. The van der Waals surface area contributed by atoms with Crippen LogP contribution in [0.4, 0.5) is 0 Å². The minimum absolute atomic E-state index is 0.0797. The summed E-state index contributed by atoms with van der Waals surface area (Å²) in [5.41, 5.74) is 4.86. The van der Waals surface area contributed by atoms with Gasteiger partial charge in [0.15, 0.2) is 5.11 Å². The van der Waals surface area contributed by atoms with Gasteiger partial charge < -0.3 is 19.9 Å². The van der Waals surface area contributed by atoms with E-state index in [1.807, 2.05) is 48.2 Å². The topological polar surface area (TPSA) is 57.4 Å². The van der Waals surface area contributed by atoms with Gasteiger partial charge in [-0.05, 0) is 72.9 Å². The van der Waals surface area contributed by atoms with E-state index in [9.17, 15) is 4.79 Å². The van der Waals surface area contributed by atoms with Crippen molar-refractivity contribution in [3.63, 3.8) is 0 Å². The summed E-state index contributed by atoms with van der Waals surface area (Å²) in [6.45, 7) is 10.2. The Morgan fingerprint density at radius 1 is 1.13 bits per heavy atom. The number of aromatic amines is 1. The monoisotopic (exact) mass is 437 g/mol. The van der Waals surface area contributed by atoms with Gasteiger partial charge in [-0.1, -0.05) is 32.0 Å². The molecule has 0 unspecified atom stereocenters. The number of aryl methyl sites for hydroxylation is 2.